The van der Waals surface area contributed by atoms with Crippen LogP contribution in [0.3, 0.4) is 0 Å². The highest BCUT2D eigenvalue weighted by Gasteiger charge is 2.50. The quantitative estimate of drug-likeness (QED) is 0.0689. The third kappa shape index (κ3) is 13.8. The minimum absolute atomic E-state index is 0.111. The smallest absolute Gasteiger partial charge is 0.244 e. The largest absolute Gasteiger partial charge is 0.394 e. The maximum Gasteiger partial charge on any atom is 0.244 e. The highest BCUT2D eigenvalue weighted by molar-refractivity contribution is 5.91. The molecular formula is C33H59N7O16. The van der Waals surface area contributed by atoms with E-state index in [4.69, 9.17) is 25.7 Å². The Kier molecular flexibility index (Phi) is 19.9. The van der Waals surface area contributed by atoms with Crippen molar-refractivity contribution < 1.29 is 78.7 Å². The summed E-state index contributed by atoms with van der Waals surface area (Å²) >= 11 is 0. The summed E-state index contributed by atoms with van der Waals surface area (Å²) in [7, 11) is 0. The van der Waals surface area contributed by atoms with Gasteiger partial charge in [0.05, 0.1) is 19.3 Å². The molecule has 3 rings (SSSR count). The lowest BCUT2D eigenvalue weighted by Gasteiger charge is -2.46. The van der Waals surface area contributed by atoms with Crippen molar-refractivity contribution in [1.82, 2.24) is 26.2 Å². The highest BCUT2D eigenvalue weighted by atomic mass is 16.7. The summed E-state index contributed by atoms with van der Waals surface area (Å²) in [4.78, 5) is 71.9. The van der Waals surface area contributed by atoms with E-state index in [-0.39, 0.29) is 24.7 Å². The fourth-order valence-electron chi connectivity index (χ4n) is 5.77. The summed E-state index contributed by atoms with van der Waals surface area (Å²) in [6, 6.07) is -3.29. The Bertz CT molecular complexity index is 1320. The van der Waals surface area contributed by atoms with Crippen molar-refractivity contribution in [2.24, 2.45) is 11.5 Å². The number of likely N-dealkylation sites (tertiary alicyclic amines) is 1. The van der Waals surface area contributed by atoms with Crippen molar-refractivity contribution in [3.05, 3.63) is 0 Å². The second-order valence-electron chi connectivity index (χ2n) is 13.8. The van der Waals surface area contributed by atoms with Crippen LogP contribution in [0.4, 0.5) is 0 Å². The van der Waals surface area contributed by atoms with Crippen LogP contribution in [0.15, 0.2) is 0 Å². The predicted octanol–water partition coefficient (Wildman–Crippen LogP) is -7.15. The van der Waals surface area contributed by atoms with Crippen molar-refractivity contribution in [3.8, 4) is 0 Å². The monoisotopic (exact) mass is 809 g/mol. The molecule has 3 fully saturated rings. The molecule has 23 heteroatoms. The molecule has 56 heavy (non-hydrogen) atoms. The number of amides is 6. The van der Waals surface area contributed by atoms with Gasteiger partial charge < -0.3 is 87.6 Å². The number of nitrogens with two attached hydrogens (primary N) is 2. The van der Waals surface area contributed by atoms with Crippen LogP contribution in [-0.2, 0) is 43.0 Å². The lowest BCUT2D eigenvalue weighted by Crippen LogP contribution is -2.66. The Morgan fingerprint density at radius 2 is 1.34 bits per heavy atom. The molecule has 14 atom stereocenters. The summed E-state index contributed by atoms with van der Waals surface area (Å²) in [5.74, 6) is -2.79. The Labute approximate surface area is 323 Å². The molecule has 322 valence electrons. The van der Waals surface area contributed by atoms with Crippen LogP contribution in [0.2, 0.25) is 0 Å². The first-order valence-electron chi connectivity index (χ1n) is 18.4. The van der Waals surface area contributed by atoms with Gasteiger partial charge in [0.15, 0.2) is 12.5 Å². The van der Waals surface area contributed by atoms with E-state index in [2.05, 4.69) is 21.3 Å². The van der Waals surface area contributed by atoms with Crippen LogP contribution in [0.5, 0.6) is 0 Å². The second kappa shape index (κ2) is 23.0. The number of hydrogen-bond acceptors (Lipinski definition) is 17. The molecule has 0 radical (unpaired) electrons. The number of carbonyl (C=O) groups excluding carboxylic acids is 6. The van der Waals surface area contributed by atoms with E-state index in [0.717, 1.165) is 12.8 Å². The second-order valence-corrected chi connectivity index (χ2v) is 13.8. The van der Waals surface area contributed by atoms with Gasteiger partial charge in [-0.25, -0.2) is 0 Å². The van der Waals surface area contributed by atoms with E-state index >= 15 is 0 Å². The normalized spacial score (nSPS) is 31.0. The third-order valence-electron chi connectivity index (χ3n) is 9.35. The number of aliphatic hydroxyl groups is 7. The fraction of sp³-hybridized carbons (Fsp3) is 0.818. The fourth-order valence-corrected chi connectivity index (χ4v) is 5.77. The van der Waals surface area contributed by atoms with E-state index in [1.165, 1.54) is 13.8 Å². The molecule has 23 nitrogen and oxygen atoms in total. The molecule has 0 saturated carbocycles. The number of primary amides is 1. The molecule has 0 aliphatic carbocycles. The summed E-state index contributed by atoms with van der Waals surface area (Å²) < 4.78 is 16.2. The summed E-state index contributed by atoms with van der Waals surface area (Å²) in [5, 5.41) is 80.1. The van der Waals surface area contributed by atoms with Crippen LogP contribution < -0.4 is 32.7 Å². The van der Waals surface area contributed by atoms with Crippen LogP contribution >= 0.6 is 0 Å². The van der Waals surface area contributed by atoms with Gasteiger partial charge in [-0.3, -0.25) is 28.8 Å². The van der Waals surface area contributed by atoms with Crippen molar-refractivity contribution in [1.29, 1.82) is 0 Å². The van der Waals surface area contributed by atoms with Crippen molar-refractivity contribution >= 4 is 35.4 Å². The molecule has 6 amide bonds. The van der Waals surface area contributed by atoms with Crippen LogP contribution in [0.25, 0.3) is 0 Å². The average molecular weight is 810 g/mol. The van der Waals surface area contributed by atoms with E-state index in [9.17, 15) is 64.5 Å². The van der Waals surface area contributed by atoms with Crippen LogP contribution in [0.1, 0.15) is 59.8 Å². The lowest BCUT2D eigenvalue weighted by atomic mass is 9.96. The zero-order chi connectivity index (χ0) is 42.4. The van der Waals surface area contributed by atoms with E-state index < -0.39 is 122 Å². The van der Waals surface area contributed by atoms with Crippen molar-refractivity contribution in [2.75, 3.05) is 26.3 Å². The van der Waals surface area contributed by atoms with Gasteiger partial charge in [0.2, 0.25) is 35.4 Å². The molecule has 3 heterocycles. The van der Waals surface area contributed by atoms with Gasteiger partial charge in [-0.05, 0) is 40.0 Å². The number of carbonyl (C=O) groups is 6. The zero-order valence-electron chi connectivity index (χ0n) is 31.9. The minimum Gasteiger partial charge on any atom is -0.394 e. The van der Waals surface area contributed by atoms with Gasteiger partial charge in [-0.1, -0.05) is 6.92 Å². The van der Waals surface area contributed by atoms with E-state index in [1.54, 1.807) is 18.7 Å². The molecule has 3 saturated heterocycles. The number of ether oxygens (including phenoxy) is 3. The summed E-state index contributed by atoms with van der Waals surface area (Å²) in [6.07, 6.45) is -14.4. The Morgan fingerprint density at radius 3 is 1.89 bits per heavy atom. The predicted molar refractivity (Wildman–Crippen MR) is 190 cm³/mol. The standard InChI is InChI=1S/C24H42N4O13.C9H17N3O3/c1-10(23(38)28-6-2-3-7-28)26-21(37)11(25)4-5-14(31)27-22-18(35)17(34)20(13(9-30)39-22)41-24-19(36)16(33)15(32)12(8-29)40-24;1-4-7(13)11-6(3)9(15)12-5(2)8(10)14/h10-13,15-20,22,24,29-30,32-36H,2-9,25H2,1H3,(H,26,37)(H,27,31);5-6H,4H2,1-3H3,(H2,10,14)(H,11,13)(H,12,15). The first-order valence-corrected chi connectivity index (χ1v) is 18.4. The van der Waals surface area contributed by atoms with Crippen LogP contribution in [0, 0.1) is 0 Å². The Hall–Kier alpha value is -3.62. The SMILES string of the molecule is CC(NC(=O)C(N)CCC(=O)NC1OC(CO)C(OC2OC(CO)C(O)C(O)C2O)C(O)C1O)C(=O)N1CCCC1.CCC(=O)NC(C)C(=O)NC(C)C(N)=O. The average Bonchev–Trinajstić information content (AvgIpc) is 3.71. The minimum atomic E-state index is -1.81. The zero-order valence-corrected chi connectivity index (χ0v) is 31.9. The number of hydrogen-bond donors (Lipinski definition) is 13. The van der Waals surface area contributed by atoms with Gasteiger partial charge >= 0.3 is 0 Å². The first-order chi connectivity index (χ1) is 26.3. The molecule has 0 aromatic carbocycles. The van der Waals surface area contributed by atoms with Gasteiger partial charge in [-0.2, -0.15) is 0 Å². The van der Waals surface area contributed by atoms with E-state index in [0.29, 0.717) is 19.5 Å². The van der Waals surface area contributed by atoms with Crippen molar-refractivity contribution in [3.63, 3.8) is 0 Å². The molecule has 0 aromatic heterocycles. The van der Waals surface area contributed by atoms with Gasteiger partial charge in [0.25, 0.3) is 0 Å². The van der Waals surface area contributed by atoms with Gasteiger partial charge in [0, 0.05) is 25.9 Å². The molecule has 0 aromatic rings. The van der Waals surface area contributed by atoms with Crippen LogP contribution in [-0.4, -0.2) is 188 Å². The number of nitrogens with zero attached hydrogens (tertiary/aromatic N) is 1. The molecule has 14 unspecified atom stereocenters. The van der Waals surface area contributed by atoms with Gasteiger partial charge in [0.1, 0.15) is 67.0 Å². The van der Waals surface area contributed by atoms with Crippen molar-refractivity contribution in [2.45, 2.75) is 145 Å². The van der Waals surface area contributed by atoms with E-state index in [1.807, 2.05) is 0 Å². The summed E-state index contributed by atoms with van der Waals surface area (Å²) in [5.41, 5.74) is 10.9. The molecule has 15 N–H and O–H groups in total. The molecule has 0 spiro atoms. The number of rotatable bonds is 16. The number of aliphatic hydroxyl groups excluding tert-OH is 7. The maximum atomic E-state index is 12.5. The Morgan fingerprint density at radius 1 is 0.750 bits per heavy atom. The lowest BCUT2D eigenvalue weighted by molar-refractivity contribution is -0.343. The molecule has 0 bridgehead atoms. The number of nitrogens with one attached hydrogen (secondary N) is 4. The van der Waals surface area contributed by atoms with Gasteiger partial charge in [-0.15, -0.1) is 0 Å². The topological polar surface area (TPSA) is 375 Å². The highest BCUT2D eigenvalue weighted by Crippen LogP contribution is 2.28. The first kappa shape index (κ1) is 48.5. The maximum absolute atomic E-state index is 12.5. The summed E-state index contributed by atoms with van der Waals surface area (Å²) in [6.45, 7) is 6.03. The molecule has 3 aliphatic heterocycles. The Balaban J connectivity index is 0.000000610. The molecular weight excluding hydrogens is 750 g/mol. The third-order valence-corrected chi connectivity index (χ3v) is 9.35. The molecule has 3 aliphatic rings.